The van der Waals surface area contributed by atoms with Crippen molar-refractivity contribution < 1.29 is 18.7 Å². The average Bonchev–Trinajstić information content (AvgIpc) is 3.53. The number of unbranched alkanes of at least 4 members (excludes halogenated alkanes) is 2. The van der Waals surface area contributed by atoms with Crippen molar-refractivity contribution in [2.75, 3.05) is 26.2 Å². The second-order valence-corrected chi connectivity index (χ2v) is 8.87. The summed E-state index contributed by atoms with van der Waals surface area (Å²) in [6, 6.07) is 11.5. The molecule has 0 N–H and O–H groups in total. The minimum absolute atomic E-state index is 0.0412. The van der Waals surface area contributed by atoms with Crippen molar-refractivity contribution in [2.45, 2.75) is 71.4 Å². The molecular formula is C27H38N2O4. The van der Waals surface area contributed by atoms with Gasteiger partial charge in [-0.2, -0.15) is 0 Å². The van der Waals surface area contributed by atoms with E-state index in [2.05, 4.69) is 6.92 Å². The molecule has 6 nitrogen and oxygen atoms in total. The Bertz CT molecular complexity index is 842. The Balaban J connectivity index is 1.66. The molecule has 1 unspecified atom stereocenters. The van der Waals surface area contributed by atoms with Gasteiger partial charge in [0.15, 0.2) is 0 Å². The number of rotatable bonds is 13. The van der Waals surface area contributed by atoms with E-state index < -0.39 is 0 Å². The summed E-state index contributed by atoms with van der Waals surface area (Å²) in [5, 5.41) is 0. The highest BCUT2D eigenvalue weighted by molar-refractivity contribution is 5.96. The lowest BCUT2D eigenvalue weighted by Gasteiger charge is -2.28. The van der Waals surface area contributed by atoms with Crippen LogP contribution in [0.4, 0.5) is 0 Å². The predicted molar refractivity (Wildman–Crippen MR) is 129 cm³/mol. The summed E-state index contributed by atoms with van der Waals surface area (Å²) in [6.45, 7) is 6.45. The molecule has 6 heteroatoms. The predicted octanol–water partition coefficient (Wildman–Crippen LogP) is 5.07. The number of benzene rings is 1. The van der Waals surface area contributed by atoms with Crippen LogP contribution in [0.1, 0.15) is 74.1 Å². The number of hydrogen-bond acceptors (Lipinski definition) is 4. The third-order valence-electron chi connectivity index (χ3n) is 6.10. The summed E-state index contributed by atoms with van der Waals surface area (Å²) < 4.78 is 11.2. The van der Waals surface area contributed by atoms with Crippen molar-refractivity contribution >= 4 is 11.8 Å². The van der Waals surface area contributed by atoms with Gasteiger partial charge in [-0.3, -0.25) is 9.59 Å². The first kappa shape index (κ1) is 25.0. The fourth-order valence-corrected chi connectivity index (χ4v) is 4.24. The van der Waals surface area contributed by atoms with E-state index >= 15 is 0 Å². The van der Waals surface area contributed by atoms with E-state index in [0.29, 0.717) is 25.2 Å². The topological polar surface area (TPSA) is 63.0 Å². The van der Waals surface area contributed by atoms with Crippen molar-refractivity contribution in [2.24, 2.45) is 0 Å². The summed E-state index contributed by atoms with van der Waals surface area (Å²) in [4.78, 5) is 30.0. The second-order valence-electron chi connectivity index (χ2n) is 8.87. The van der Waals surface area contributed by atoms with Crippen LogP contribution in [0, 0.1) is 0 Å². The van der Waals surface area contributed by atoms with Crippen LogP contribution in [0.2, 0.25) is 0 Å². The molecule has 0 saturated carbocycles. The molecule has 180 valence electrons. The van der Waals surface area contributed by atoms with Crippen molar-refractivity contribution in [3.63, 3.8) is 0 Å². The van der Waals surface area contributed by atoms with Crippen molar-refractivity contribution in [3.05, 3.63) is 59.5 Å². The smallest absolute Gasteiger partial charge is 0.254 e. The molecule has 1 saturated heterocycles. The Morgan fingerprint density at radius 3 is 2.48 bits per heavy atom. The third-order valence-corrected chi connectivity index (χ3v) is 6.10. The van der Waals surface area contributed by atoms with E-state index in [1.807, 2.05) is 43.3 Å². The lowest BCUT2D eigenvalue weighted by Crippen LogP contribution is -2.45. The van der Waals surface area contributed by atoms with Crippen LogP contribution in [0.25, 0.3) is 0 Å². The van der Waals surface area contributed by atoms with Crippen LogP contribution in [0.5, 0.6) is 0 Å². The molecule has 3 rings (SSSR count). The molecule has 1 fully saturated rings. The fourth-order valence-electron chi connectivity index (χ4n) is 4.24. The minimum Gasteiger partial charge on any atom is -0.467 e. The number of amides is 2. The molecule has 2 heterocycles. The zero-order chi connectivity index (χ0) is 23.5. The van der Waals surface area contributed by atoms with E-state index in [4.69, 9.17) is 9.15 Å². The third kappa shape index (κ3) is 7.74. The van der Waals surface area contributed by atoms with Gasteiger partial charge in [-0.1, -0.05) is 38.8 Å². The lowest BCUT2D eigenvalue weighted by atomic mass is 10.0. The number of ether oxygens (including phenoxy) is 1. The maximum Gasteiger partial charge on any atom is 0.254 e. The Morgan fingerprint density at radius 1 is 1.03 bits per heavy atom. The van der Waals surface area contributed by atoms with E-state index in [1.54, 1.807) is 16.1 Å². The summed E-state index contributed by atoms with van der Waals surface area (Å²) in [7, 11) is 0. The largest absolute Gasteiger partial charge is 0.467 e. The average molecular weight is 455 g/mol. The van der Waals surface area contributed by atoms with Gasteiger partial charge in [-0.15, -0.1) is 0 Å². The molecule has 0 spiro atoms. The Kier molecular flexibility index (Phi) is 10.0. The molecular weight excluding hydrogens is 416 g/mol. The van der Waals surface area contributed by atoms with Crippen LogP contribution < -0.4 is 0 Å². The van der Waals surface area contributed by atoms with E-state index in [1.165, 1.54) is 18.4 Å². The molecule has 1 aromatic heterocycles. The van der Waals surface area contributed by atoms with E-state index in [-0.39, 0.29) is 24.5 Å². The molecule has 1 aliphatic rings. The molecule has 0 radical (unpaired) electrons. The first-order valence-electron chi connectivity index (χ1n) is 12.4. The first-order chi connectivity index (χ1) is 16.1. The standard InChI is InChI=1S/C27H38N2O4/c1-3-5-6-9-22-12-14-23(15-13-22)27(31)28(16-4-2)21-26(30)29(19-24-10-7-17-32-24)20-25-11-8-18-33-25/h7,10,12-15,17,25H,3-6,8-9,11,16,18-21H2,1-2H3. The summed E-state index contributed by atoms with van der Waals surface area (Å²) in [6.07, 6.45) is 9.02. The van der Waals surface area contributed by atoms with Crippen LogP contribution >= 0.6 is 0 Å². The van der Waals surface area contributed by atoms with Gasteiger partial charge in [0.05, 0.1) is 18.9 Å². The van der Waals surface area contributed by atoms with Gasteiger partial charge >= 0.3 is 0 Å². The maximum atomic E-state index is 13.3. The van der Waals surface area contributed by atoms with Crippen LogP contribution in [0.15, 0.2) is 47.1 Å². The van der Waals surface area contributed by atoms with E-state index in [9.17, 15) is 9.59 Å². The van der Waals surface area contributed by atoms with E-state index in [0.717, 1.165) is 44.5 Å². The highest BCUT2D eigenvalue weighted by atomic mass is 16.5. The van der Waals surface area contributed by atoms with Gasteiger partial charge < -0.3 is 19.0 Å². The van der Waals surface area contributed by atoms with Crippen LogP contribution in [-0.4, -0.2) is 54.0 Å². The van der Waals surface area contributed by atoms with Crippen molar-refractivity contribution in [1.29, 1.82) is 0 Å². The molecule has 0 bridgehead atoms. The van der Waals surface area contributed by atoms with Gasteiger partial charge in [0.1, 0.15) is 12.3 Å². The van der Waals surface area contributed by atoms with Crippen LogP contribution in [0.3, 0.4) is 0 Å². The monoisotopic (exact) mass is 454 g/mol. The number of carbonyl (C=O) groups is 2. The van der Waals surface area contributed by atoms with Gasteiger partial charge in [-0.25, -0.2) is 0 Å². The van der Waals surface area contributed by atoms with Gasteiger partial charge in [-0.05, 0) is 61.9 Å². The number of aryl methyl sites for hydroxylation is 1. The molecule has 2 aromatic rings. The highest BCUT2D eigenvalue weighted by Gasteiger charge is 2.26. The van der Waals surface area contributed by atoms with Crippen LogP contribution in [-0.2, 0) is 22.5 Å². The molecule has 2 amide bonds. The van der Waals surface area contributed by atoms with Gasteiger partial charge in [0.2, 0.25) is 5.91 Å². The number of nitrogens with zero attached hydrogens (tertiary/aromatic N) is 2. The van der Waals surface area contributed by atoms with Crippen molar-refractivity contribution in [1.82, 2.24) is 9.80 Å². The number of furan rings is 1. The second kappa shape index (κ2) is 13.2. The zero-order valence-electron chi connectivity index (χ0n) is 20.1. The van der Waals surface area contributed by atoms with Crippen molar-refractivity contribution in [3.8, 4) is 0 Å². The fraction of sp³-hybridized carbons (Fsp3) is 0.556. The Morgan fingerprint density at radius 2 is 1.85 bits per heavy atom. The molecule has 1 aliphatic heterocycles. The molecule has 0 aliphatic carbocycles. The first-order valence-corrected chi connectivity index (χ1v) is 12.4. The molecule has 1 aromatic carbocycles. The minimum atomic E-state index is -0.0969. The maximum absolute atomic E-state index is 13.3. The lowest BCUT2D eigenvalue weighted by molar-refractivity contribution is -0.134. The Hall–Kier alpha value is -2.60. The van der Waals surface area contributed by atoms with Gasteiger partial charge in [0, 0.05) is 25.3 Å². The zero-order valence-corrected chi connectivity index (χ0v) is 20.1. The quantitative estimate of drug-likeness (QED) is 0.396. The number of carbonyl (C=O) groups excluding carboxylic acids is 2. The summed E-state index contributed by atoms with van der Waals surface area (Å²) in [5.41, 5.74) is 1.88. The summed E-state index contributed by atoms with van der Waals surface area (Å²) >= 11 is 0. The Labute approximate surface area is 197 Å². The normalized spacial score (nSPS) is 15.5. The van der Waals surface area contributed by atoms with Gasteiger partial charge in [0.25, 0.3) is 5.91 Å². The number of hydrogen-bond donors (Lipinski definition) is 0. The molecule has 1 atom stereocenters. The summed E-state index contributed by atoms with van der Waals surface area (Å²) in [5.74, 6) is 0.550. The SMILES string of the molecule is CCCCCc1ccc(C(=O)N(CCC)CC(=O)N(Cc2ccco2)CC2CCCO2)cc1. The highest BCUT2D eigenvalue weighted by Crippen LogP contribution is 2.17. The molecule has 33 heavy (non-hydrogen) atoms.